The van der Waals surface area contributed by atoms with Crippen LogP contribution in [0.25, 0.3) is 11.0 Å². The van der Waals surface area contributed by atoms with Crippen LogP contribution in [-0.2, 0) is 10.9 Å². The van der Waals surface area contributed by atoms with Gasteiger partial charge in [-0.1, -0.05) is 0 Å². The zero-order valence-electron chi connectivity index (χ0n) is 13.6. The van der Waals surface area contributed by atoms with Gasteiger partial charge in [-0.05, 0) is 18.2 Å². The van der Waals surface area contributed by atoms with E-state index in [2.05, 4.69) is 5.32 Å². The molecule has 0 radical (unpaired) electrons. The van der Waals surface area contributed by atoms with Gasteiger partial charge in [0.25, 0.3) is 0 Å². The van der Waals surface area contributed by atoms with Crippen LogP contribution in [0.4, 0.5) is 18.9 Å². The molecule has 5 N–H and O–H groups in total. The highest BCUT2D eigenvalue weighted by molar-refractivity contribution is 5.81. The Balaban J connectivity index is 1.89. The molecule has 148 valence electrons. The molecular formula is C16H16F3NO7. The second kappa shape index (κ2) is 7.09. The van der Waals surface area contributed by atoms with Gasteiger partial charge in [0, 0.05) is 17.1 Å². The number of fused-ring (bicyclic) bond motifs is 1. The minimum atomic E-state index is -4.85. The van der Waals surface area contributed by atoms with Crippen molar-refractivity contribution in [3.05, 3.63) is 40.2 Å². The number of ether oxygens (including phenoxy) is 1. The molecule has 1 aliphatic heterocycles. The van der Waals surface area contributed by atoms with Crippen LogP contribution in [-0.4, -0.2) is 57.7 Å². The van der Waals surface area contributed by atoms with E-state index in [1.807, 2.05) is 0 Å². The fraction of sp³-hybridized carbons (Fsp3) is 0.438. The Labute approximate surface area is 149 Å². The van der Waals surface area contributed by atoms with Gasteiger partial charge in [0.15, 0.2) is 6.29 Å². The van der Waals surface area contributed by atoms with Gasteiger partial charge in [0.05, 0.1) is 6.61 Å². The third-order valence-electron chi connectivity index (χ3n) is 4.27. The van der Waals surface area contributed by atoms with Crippen molar-refractivity contribution in [3.63, 3.8) is 0 Å². The second-order valence-corrected chi connectivity index (χ2v) is 6.10. The number of nitrogens with one attached hydrogen (secondary N) is 1. The SMILES string of the molecule is O=c1oc2cc(NC3[C@H](O)OC(CO)[C@@H](O)[C@@H]3O)ccc2cc1C(F)(F)[18F]. The molecular weight excluding hydrogens is 374 g/mol. The summed E-state index contributed by atoms with van der Waals surface area (Å²) in [6, 6.07) is 3.26. The average Bonchev–Trinajstić information content (AvgIpc) is 2.60. The molecule has 2 unspecified atom stereocenters. The summed E-state index contributed by atoms with van der Waals surface area (Å²) >= 11 is 0. The van der Waals surface area contributed by atoms with Gasteiger partial charge in [-0.25, -0.2) is 4.79 Å². The average molecular weight is 390 g/mol. The summed E-state index contributed by atoms with van der Waals surface area (Å²) in [6.45, 7) is -0.620. The molecule has 0 aliphatic carbocycles. The lowest BCUT2D eigenvalue weighted by molar-refractivity contribution is -0.245. The highest BCUT2D eigenvalue weighted by atomic mass is 19.3. The normalized spacial score (nSPS) is 29.1. The molecule has 1 aliphatic rings. The number of hydrogen-bond acceptors (Lipinski definition) is 8. The van der Waals surface area contributed by atoms with E-state index in [0.29, 0.717) is 6.07 Å². The molecule has 1 saturated heterocycles. The van der Waals surface area contributed by atoms with Crippen LogP contribution in [0.2, 0.25) is 0 Å². The number of hydrogen-bond donors (Lipinski definition) is 5. The van der Waals surface area contributed by atoms with Gasteiger partial charge in [0.2, 0.25) is 0 Å². The van der Waals surface area contributed by atoms with E-state index >= 15 is 0 Å². The van der Waals surface area contributed by atoms with E-state index in [0.717, 1.165) is 0 Å². The molecule has 1 fully saturated rings. The lowest BCUT2D eigenvalue weighted by atomic mass is 9.97. The van der Waals surface area contributed by atoms with Crippen molar-refractivity contribution < 1.29 is 42.8 Å². The van der Waals surface area contributed by atoms with Crippen molar-refractivity contribution in [1.82, 2.24) is 0 Å². The zero-order valence-corrected chi connectivity index (χ0v) is 13.6. The zero-order chi connectivity index (χ0) is 19.9. The quantitative estimate of drug-likeness (QED) is 0.464. The first-order valence-electron chi connectivity index (χ1n) is 7.84. The number of aliphatic hydroxyl groups is 4. The summed E-state index contributed by atoms with van der Waals surface area (Å²) < 4.78 is 48.0. The molecule has 3 rings (SSSR count). The standard InChI is InChI=1S/C16H16F3NO7/c17-16(18,19)8-3-6-1-2-7(4-9(6)26-14(8)24)20-11-13(23)12(22)10(5-21)27-15(11)25/h1-4,10-13,15,20-23,25H,5H2/t10?,11?,12-,13-,15-/m1/s1/i17-1. The Bertz CT molecular complexity index is 884. The molecule has 1 aromatic carbocycles. The number of alkyl halides is 3. The molecule has 2 heterocycles. The Hall–Kier alpha value is -2.18. The van der Waals surface area contributed by atoms with E-state index in [1.165, 1.54) is 18.2 Å². The molecule has 0 amide bonds. The van der Waals surface area contributed by atoms with Crippen molar-refractivity contribution in [3.8, 4) is 0 Å². The molecule has 2 aromatic rings. The third-order valence-corrected chi connectivity index (χ3v) is 4.27. The first-order chi connectivity index (χ1) is 12.6. The summed E-state index contributed by atoms with van der Waals surface area (Å²) in [5.74, 6) is 0. The van der Waals surface area contributed by atoms with E-state index < -0.39 is 54.6 Å². The molecule has 8 nitrogen and oxygen atoms in total. The van der Waals surface area contributed by atoms with Crippen LogP contribution < -0.4 is 10.9 Å². The first-order valence-corrected chi connectivity index (χ1v) is 7.84. The Morgan fingerprint density at radius 2 is 1.81 bits per heavy atom. The minimum Gasteiger partial charge on any atom is -0.422 e. The Kier molecular flexibility index (Phi) is 5.14. The van der Waals surface area contributed by atoms with Crippen molar-refractivity contribution in [2.24, 2.45) is 0 Å². The number of aliphatic hydroxyl groups excluding tert-OH is 4. The van der Waals surface area contributed by atoms with Crippen LogP contribution in [0.1, 0.15) is 5.56 Å². The van der Waals surface area contributed by atoms with E-state index in [1.54, 1.807) is 0 Å². The summed E-state index contributed by atoms with van der Waals surface area (Å²) in [6.07, 6.45) is -10.6. The fourth-order valence-corrected chi connectivity index (χ4v) is 2.84. The molecule has 1 aromatic heterocycles. The summed E-state index contributed by atoms with van der Waals surface area (Å²) in [5.41, 5.74) is -2.94. The van der Waals surface area contributed by atoms with Crippen LogP contribution in [0.3, 0.4) is 0 Å². The maximum absolute atomic E-state index is 12.8. The lowest BCUT2D eigenvalue weighted by Gasteiger charge is -2.40. The van der Waals surface area contributed by atoms with E-state index in [4.69, 9.17) is 14.3 Å². The maximum atomic E-state index is 12.8. The molecule has 0 spiro atoms. The van der Waals surface area contributed by atoms with Crippen LogP contribution >= 0.6 is 0 Å². The maximum Gasteiger partial charge on any atom is 0.423 e. The summed E-state index contributed by atoms with van der Waals surface area (Å²) in [5, 5.41) is 41.6. The van der Waals surface area contributed by atoms with Gasteiger partial charge in [-0.15, -0.1) is 0 Å². The van der Waals surface area contributed by atoms with Crippen LogP contribution in [0, 0.1) is 0 Å². The Morgan fingerprint density at radius 3 is 2.44 bits per heavy atom. The summed E-state index contributed by atoms with van der Waals surface area (Å²) in [4.78, 5) is 11.5. The van der Waals surface area contributed by atoms with Gasteiger partial charge >= 0.3 is 11.8 Å². The smallest absolute Gasteiger partial charge is 0.422 e. The van der Waals surface area contributed by atoms with Gasteiger partial charge in [-0.3, -0.25) is 0 Å². The van der Waals surface area contributed by atoms with E-state index in [-0.39, 0.29) is 16.7 Å². The highest BCUT2D eigenvalue weighted by Crippen LogP contribution is 2.30. The number of halogens is 3. The van der Waals surface area contributed by atoms with Crippen molar-refractivity contribution >= 4 is 16.7 Å². The predicted octanol–water partition coefficient (Wildman–Crippen LogP) is 0.0236. The predicted molar refractivity (Wildman–Crippen MR) is 84.9 cm³/mol. The second-order valence-electron chi connectivity index (χ2n) is 6.10. The third kappa shape index (κ3) is 3.77. The lowest BCUT2D eigenvalue weighted by Crippen LogP contribution is -2.61. The Morgan fingerprint density at radius 1 is 1.11 bits per heavy atom. The molecule has 27 heavy (non-hydrogen) atoms. The van der Waals surface area contributed by atoms with Crippen molar-refractivity contribution in [2.45, 2.75) is 36.8 Å². The van der Waals surface area contributed by atoms with E-state index in [9.17, 15) is 33.3 Å². The van der Waals surface area contributed by atoms with Gasteiger partial charge in [0.1, 0.15) is 35.5 Å². The summed E-state index contributed by atoms with van der Waals surface area (Å²) in [7, 11) is 0. The molecule has 5 atom stereocenters. The highest BCUT2D eigenvalue weighted by Gasteiger charge is 2.43. The van der Waals surface area contributed by atoms with Crippen molar-refractivity contribution in [1.29, 1.82) is 0 Å². The largest absolute Gasteiger partial charge is 0.423 e. The molecule has 0 bridgehead atoms. The number of anilines is 1. The van der Waals surface area contributed by atoms with Crippen LogP contribution in [0.5, 0.6) is 0 Å². The monoisotopic (exact) mass is 390 g/mol. The van der Waals surface area contributed by atoms with Crippen molar-refractivity contribution in [2.75, 3.05) is 11.9 Å². The molecule has 0 saturated carbocycles. The number of benzene rings is 1. The first kappa shape index (κ1) is 19.6. The van der Waals surface area contributed by atoms with Gasteiger partial charge < -0.3 is 34.9 Å². The number of rotatable bonds is 3. The topological polar surface area (TPSA) is 132 Å². The fourth-order valence-electron chi connectivity index (χ4n) is 2.84. The molecule has 11 heteroatoms. The van der Waals surface area contributed by atoms with Gasteiger partial charge in [-0.2, -0.15) is 13.2 Å². The van der Waals surface area contributed by atoms with Crippen LogP contribution in [0.15, 0.2) is 33.5 Å². The minimum absolute atomic E-state index is 0.0221.